The fourth-order valence-corrected chi connectivity index (χ4v) is 2.33. The van der Waals surface area contributed by atoms with Crippen molar-refractivity contribution >= 4 is 5.95 Å². The number of alkyl halides is 3. The van der Waals surface area contributed by atoms with Crippen LogP contribution in [0.25, 0.3) is 0 Å². The highest BCUT2D eigenvalue weighted by Gasteiger charge is 2.32. The quantitative estimate of drug-likeness (QED) is 0.925. The van der Waals surface area contributed by atoms with Crippen LogP contribution in [0.3, 0.4) is 0 Å². The van der Waals surface area contributed by atoms with E-state index in [2.05, 4.69) is 27.1 Å². The number of anilines is 1. The van der Waals surface area contributed by atoms with Crippen molar-refractivity contribution in [2.75, 3.05) is 25.0 Å². The van der Waals surface area contributed by atoms with Crippen molar-refractivity contribution < 1.29 is 13.2 Å². The van der Waals surface area contributed by atoms with E-state index in [1.807, 2.05) is 0 Å². The Labute approximate surface area is 116 Å². The largest absolute Gasteiger partial charge is 0.433 e. The molecule has 0 spiro atoms. The number of halogens is 3. The van der Waals surface area contributed by atoms with Crippen LogP contribution in [-0.4, -0.2) is 40.5 Å². The van der Waals surface area contributed by atoms with Gasteiger partial charge in [-0.15, -0.1) is 0 Å². The molecular formula is C13H19F3N4. The second kappa shape index (κ2) is 6.39. The van der Waals surface area contributed by atoms with Crippen LogP contribution in [0.15, 0.2) is 12.3 Å². The van der Waals surface area contributed by atoms with E-state index in [1.165, 1.54) is 19.3 Å². The molecule has 1 aromatic heterocycles. The number of nitrogens with zero attached hydrogens (tertiary/aromatic N) is 3. The predicted octanol–water partition coefficient (Wildman–Crippen LogP) is 2.78. The van der Waals surface area contributed by atoms with Crippen molar-refractivity contribution in [3.8, 4) is 0 Å². The van der Waals surface area contributed by atoms with Gasteiger partial charge in [0, 0.05) is 18.8 Å². The summed E-state index contributed by atoms with van der Waals surface area (Å²) in [6.07, 6.45) is 0.323. The van der Waals surface area contributed by atoms with E-state index < -0.39 is 11.9 Å². The van der Waals surface area contributed by atoms with Crippen LogP contribution in [0.4, 0.5) is 19.1 Å². The fourth-order valence-electron chi connectivity index (χ4n) is 2.33. The van der Waals surface area contributed by atoms with Crippen molar-refractivity contribution in [1.29, 1.82) is 0 Å². The molecule has 0 saturated carbocycles. The highest BCUT2D eigenvalue weighted by Crippen LogP contribution is 2.27. The summed E-state index contributed by atoms with van der Waals surface area (Å²) >= 11 is 0. The third-order valence-electron chi connectivity index (χ3n) is 3.52. The molecule has 1 fully saturated rings. The third kappa shape index (κ3) is 4.06. The summed E-state index contributed by atoms with van der Waals surface area (Å²) in [5, 5.41) is 2.89. The minimum atomic E-state index is -4.43. The Bertz CT molecular complexity index is 430. The van der Waals surface area contributed by atoms with Crippen LogP contribution in [0, 0.1) is 0 Å². The first-order valence-electron chi connectivity index (χ1n) is 6.85. The molecule has 1 aliphatic rings. The Kier molecular flexibility index (Phi) is 4.80. The average molecular weight is 288 g/mol. The van der Waals surface area contributed by atoms with Crippen LogP contribution in [0.1, 0.15) is 31.9 Å². The van der Waals surface area contributed by atoms with Crippen molar-refractivity contribution in [2.45, 2.75) is 38.4 Å². The van der Waals surface area contributed by atoms with Gasteiger partial charge < -0.3 is 5.32 Å². The van der Waals surface area contributed by atoms with Gasteiger partial charge in [0.1, 0.15) is 5.69 Å². The standard InChI is InChI=1S/C13H19F3N4/c1-10(20-7-3-2-4-8-20)9-18-12-17-6-5-11(19-12)13(14,15)16/h5-6,10H,2-4,7-9H2,1H3,(H,17,18,19). The van der Waals surface area contributed by atoms with Crippen LogP contribution in [0.5, 0.6) is 0 Å². The van der Waals surface area contributed by atoms with Gasteiger partial charge in [-0.05, 0) is 38.9 Å². The van der Waals surface area contributed by atoms with Gasteiger partial charge in [-0.2, -0.15) is 13.2 Å². The molecule has 4 nitrogen and oxygen atoms in total. The Balaban J connectivity index is 1.90. The molecule has 1 aliphatic heterocycles. The number of hydrogen-bond acceptors (Lipinski definition) is 4. The summed E-state index contributed by atoms with van der Waals surface area (Å²) in [6, 6.07) is 1.13. The molecule has 1 unspecified atom stereocenters. The maximum Gasteiger partial charge on any atom is 0.433 e. The molecule has 0 aromatic carbocycles. The average Bonchev–Trinajstić information content (AvgIpc) is 2.45. The van der Waals surface area contributed by atoms with E-state index in [1.54, 1.807) is 0 Å². The molecule has 0 bridgehead atoms. The zero-order valence-electron chi connectivity index (χ0n) is 11.5. The Hall–Kier alpha value is -1.37. The van der Waals surface area contributed by atoms with Gasteiger partial charge in [0.15, 0.2) is 0 Å². The van der Waals surface area contributed by atoms with Crippen molar-refractivity contribution in [3.05, 3.63) is 18.0 Å². The normalized spacial score (nSPS) is 18.8. The molecule has 2 heterocycles. The zero-order chi connectivity index (χ0) is 14.6. The number of nitrogens with one attached hydrogen (secondary N) is 1. The number of piperidine rings is 1. The van der Waals surface area contributed by atoms with E-state index in [0.717, 1.165) is 25.4 Å². The smallest absolute Gasteiger partial charge is 0.353 e. The lowest BCUT2D eigenvalue weighted by atomic mass is 10.1. The highest BCUT2D eigenvalue weighted by molar-refractivity contribution is 5.26. The summed E-state index contributed by atoms with van der Waals surface area (Å²) in [6.45, 7) is 4.70. The maximum absolute atomic E-state index is 12.5. The van der Waals surface area contributed by atoms with Gasteiger partial charge >= 0.3 is 6.18 Å². The summed E-state index contributed by atoms with van der Waals surface area (Å²) in [7, 11) is 0. The highest BCUT2D eigenvalue weighted by atomic mass is 19.4. The van der Waals surface area contributed by atoms with E-state index in [-0.39, 0.29) is 12.0 Å². The predicted molar refractivity (Wildman–Crippen MR) is 70.4 cm³/mol. The van der Waals surface area contributed by atoms with E-state index >= 15 is 0 Å². The molecule has 1 aromatic rings. The molecule has 0 radical (unpaired) electrons. The Morgan fingerprint density at radius 2 is 2.00 bits per heavy atom. The molecular weight excluding hydrogens is 269 g/mol. The SMILES string of the molecule is CC(CNc1nccc(C(F)(F)F)n1)N1CCCCC1. The van der Waals surface area contributed by atoms with Gasteiger partial charge in [-0.25, -0.2) is 9.97 Å². The van der Waals surface area contributed by atoms with E-state index in [9.17, 15) is 13.2 Å². The first kappa shape index (κ1) is 15.0. The fraction of sp³-hybridized carbons (Fsp3) is 0.692. The summed E-state index contributed by atoms with van der Waals surface area (Å²) < 4.78 is 37.6. The molecule has 20 heavy (non-hydrogen) atoms. The van der Waals surface area contributed by atoms with Gasteiger partial charge in [-0.3, -0.25) is 4.90 Å². The van der Waals surface area contributed by atoms with Gasteiger partial charge in [0.05, 0.1) is 0 Å². The second-order valence-electron chi connectivity index (χ2n) is 5.09. The van der Waals surface area contributed by atoms with Gasteiger partial charge in [0.25, 0.3) is 0 Å². The second-order valence-corrected chi connectivity index (χ2v) is 5.09. The van der Waals surface area contributed by atoms with Crippen molar-refractivity contribution in [2.24, 2.45) is 0 Å². The molecule has 1 saturated heterocycles. The summed E-state index contributed by atoms with van der Waals surface area (Å²) in [5.41, 5.74) is -0.916. The molecule has 1 N–H and O–H groups in total. The van der Waals surface area contributed by atoms with E-state index in [4.69, 9.17) is 0 Å². The number of likely N-dealkylation sites (tertiary alicyclic amines) is 1. The van der Waals surface area contributed by atoms with Crippen LogP contribution >= 0.6 is 0 Å². The number of aromatic nitrogens is 2. The molecule has 0 amide bonds. The van der Waals surface area contributed by atoms with Crippen molar-refractivity contribution in [3.63, 3.8) is 0 Å². The lowest BCUT2D eigenvalue weighted by Crippen LogP contribution is -2.41. The Morgan fingerprint density at radius 3 is 2.65 bits per heavy atom. The molecule has 7 heteroatoms. The first-order chi connectivity index (χ1) is 9.47. The molecule has 112 valence electrons. The number of rotatable bonds is 4. The maximum atomic E-state index is 12.5. The summed E-state index contributed by atoms with van der Waals surface area (Å²) in [5.74, 6) is 0.0312. The van der Waals surface area contributed by atoms with E-state index in [0.29, 0.717) is 6.54 Å². The first-order valence-corrected chi connectivity index (χ1v) is 6.85. The molecule has 0 aliphatic carbocycles. The molecule has 1 atom stereocenters. The molecule has 2 rings (SSSR count). The van der Waals surface area contributed by atoms with Gasteiger partial charge in [0.2, 0.25) is 5.95 Å². The number of hydrogen-bond donors (Lipinski definition) is 1. The topological polar surface area (TPSA) is 41.1 Å². The van der Waals surface area contributed by atoms with Crippen LogP contribution < -0.4 is 5.32 Å². The third-order valence-corrected chi connectivity index (χ3v) is 3.52. The monoisotopic (exact) mass is 288 g/mol. The summed E-state index contributed by atoms with van der Waals surface area (Å²) in [4.78, 5) is 9.66. The minimum absolute atomic E-state index is 0.0312. The lowest BCUT2D eigenvalue weighted by molar-refractivity contribution is -0.141. The lowest BCUT2D eigenvalue weighted by Gasteiger charge is -2.32. The minimum Gasteiger partial charge on any atom is -0.353 e. The van der Waals surface area contributed by atoms with Crippen LogP contribution in [0.2, 0.25) is 0 Å². The van der Waals surface area contributed by atoms with Gasteiger partial charge in [-0.1, -0.05) is 6.42 Å². The zero-order valence-corrected chi connectivity index (χ0v) is 11.5. The van der Waals surface area contributed by atoms with Crippen molar-refractivity contribution in [1.82, 2.24) is 14.9 Å². The Morgan fingerprint density at radius 1 is 1.30 bits per heavy atom. The van der Waals surface area contributed by atoms with Crippen LogP contribution in [-0.2, 0) is 6.18 Å².